The number of aliphatic hydroxyl groups is 3. The van der Waals surface area contributed by atoms with Crippen molar-refractivity contribution >= 4 is 11.9 Å². The van der Waals surface area contributed by atoms with Crippen LogP contribution in [-0.2, 0) is 0 Å². The average molecular weight is 269 g/mol. The van der Waals surface area contributed by atoms with Crippen LogP contribution in [0.25, 0.3) is 0 Å². The minimum Gasteiger partial charge on any atom is -0.478 e. The van der Waals surface area contributed by atoms with E-state index in [0.29, 0.717) is 0 Å². The maximum Gasteiger partial charge on any atom is 0.336 e. The van der Waals surface area contributed by atoms with Gasteiger partial charge in [-0.15, -0.1) is 0 Å². The molecule has 0 aliphatic carbocycles. The predicted molar refractivity (Wildman–Crippen MR) is 64.9 cm³/mol. The molecule has 0 unspecified atom stereocenters. The van der Waals surface area contributed by atoms with Gasteiger partial charge in [-0.05, 0) is 12.1 Å². The molecule has 0 aliphatic heterocycles. The van der Waals surface area contributed by atoms with Crippen molar-refractivity contribution in [2.45, 2.75) is 5.60 Å². The lowest BCUT2D eigenvalue weighted by Gasteiger charge is -2.23. The van der Waals surface area contributed by atoms with Crippen LogP contribution in [0.1, 0.15) is 20.7 Å². The van der Waals surface area contributed by atoms with E-state index in [1.54, 1.807) is 0 Å². The summed E-state index contributed by atoms with van der Waals surface area (Å²) in [6.45, 7) is -1.86. The second-order valence-corrected chi connectivity index (χ2v) is 4.07. The molecule has 5 N–H and O–H groups in total. The zero-order valence-electron chi connectivity index (χ0n) is 10.0. The number of benzene rings is 1. The molecule has 1 amide bonds. The van der Waals surface area contributed by atoms with Crippen LogP contribution in [0.2, 0.25) is 0 Å². The summed E-state index contributed by atoms with van der Waals surface area (Å²) >= 11 is 0. The normalized spacial score (nSPS) is 11.1. The maximum absolute atomic E-state index is 11.8. The van der Waals surface area contributed by atoms with Gasteiger partial charge in [-0.25, -0.2) is 4.79 Å². The fraction of sp³-hybridized carbons (Fsp3) is 0.333. The first kappa shape index (κ1) is 15.1. The molecular formula is C12H15NO6. The van der Waals surface area contributed by atoms with Gasteiger partial charge in [0.1, 0.15) is 5.60 Å². The molecule has 7 heteroatoms. The summed E-state index contributed by atoms with van der Waals surface area (Å²) in [5.41, 5.74) is -2.07. The number of nitrogens with one attached hydrogen (secondary N) is 1. The Kier molecular flexibility index (Phi) is 4.99. The number of aliphatic hydroxyl groups excluding tert-OH is 2. The van der Waals surface area contributed by atoms with E-state index in [9.17, 15) is 14.7 Å². The number of rotatable bonds is 6. The standard InChI is InChI=1S/C12H15NO6/c14-6-12(19,7-15)5-13-10(16)8-3-1-2-4-9(8)11(17)18/h1-4,14-15,19H,5-7H2,(H,13,16)(H,17,18). The summed E-state index contributed by atoms with van der Waals surface area (Å²) in [6, 6.07) is 5.60. The molecule has 19 heavy (non-hydrogen) atoms. The number of amides is 1. The van der Waals surface area contributed by atoms with Crippen molar-refractivity contribution in [2.75, 3.05) is 19.8 Å². The number of aromatic carboxylic acids is 1. The van der Waals surface area contributed by atoms with Crippen LogP contribution < -0.4 is 5.32 Å². The average Bonchev–Trinajstić information content (AvgIpc) is 2.44. The van der Waals surface area contributed by atoms with Crippen LogP contribution >= 0.6 is 0 Å². The van der Waals surface area contributed by atoms with Gasteiger partial charge in [-0.2, -0.15) is 0 Å². The smallest absolute Gasteiger partial charge is 0.336 e. The summed E-state index contributed by atoms with van der Waals surface area (Å²) in [5.74, 6) is -1.95. The Hall–Kier alpha value is -1.96. The largest absolute Gasteiger partial charge is 0.478 e. The van der Waals surface area contributed by atoms with Crippen LogP contribution in [0.4, 0.5) is 0 Å². The second-order valence-electron chi connectivity index (χ2n) is 4.07. The van der Waals surface area contributed by atoms with Gasteiger partial charge in [0.25, 0.3) is 5.91 Å². The summed E-state index contributed by atoms with van der Waals surface area (Å²) in [6.07, 6.45) is 0. The van der Waals surface area contributed by atoms with Gasteiger partial charge in [-0.1, -0.05) is 12.1 Å². The lowest BCUT2D eigenvalue weighted by molar-refractivity contribution is -0.0515. The third-order valence-corrected chi connectivity index (χ3v) is 2.57. The molecule has 0 atom stereocenters. The highest BCUT2D eigenvalue weighted by Crippen LogP contribution is 2.09. The molecule has 0 bridgehead atoms. The number of carbonyl (C=O) groups excluding carboxylic acids is 1. The Balaban J connectivity index is 2.82. The quantitative estimate of drug-likeness (QED) is 0.443. The molecule has 0 aromatic heterocycles. The van der Waals surface area contributed by atoms with E-state index in [1.807, 2.05) is 0 Å². The minimum atomic E-state index is -1.84. The summed E-state index contributed by atoms with van der Waals surface area (Å²) < 4.78 is 0. The van der Waals surface area contributed by atoms with Crippen molar-refractivity contribution in [1.82, 2.24) is 5.32 Å². The van der Waals surface area contributed by atoms with E-state index in [4.69, 9.17) is 15.3 Å². The lowest BCUT2D eigenvalue weighted by Crippen LogP contribution is -2.48. The highest BCUT2D eigenvalue weighted by molar-refractivity contribution is 6.04. The van der Waals surface area contributed by atoms with Gasteiger partial charge in [0, 0.05) is 0 Å². The van der Waals surface area contributed by atoms with E-state index in [1.165, 1.54) is 24.3 Å². The molecule has 0 aliphatic rings. The number of carboxylic acids is 1. The molecule has 1 aromatic carbocycles. The van der Waals surface area contributed by atoms with E-state index >= 15 is 0 Å². The van der Waals surface area contributed by atoms with E-state index < -0.39 is 37.2 Å². The maximum atomic E-state index is 11.8. The third-order valence-electron chi connectivity index (χ3n) is 2.57. The summed E-state index contributed by atoms with van der Waals surface area (Å²) in [4.78, 5) is 22.7. The summed E-state index contributed by atoms with van der Waals surface area (Å²) in [7, 11) is 0. The first-order valence-corrected chi connectivity index (χ1v) is 5.48. The monoisotopic (exact) mass is 269 g/mol. The number of carbonyl (C=O) groups is 2. The molecule has 0 fully saturated rings. The van der Waals surface area contributed by atoms with Gasteiger partial charge in [0.2, 0.25) is 0 Å². The van der Waals surface area contributed by atoms with E-state index in [0.717, 1.165) is 0 Å². The van der Waals surface area contributed by atoms with Crippen molar-refractivity contribution in [2.24, 2.45) is 0 Å². The molecule has 7 nitrogen and oxygen atoms in total. The SMILES string of the molecule is O=C(O)c1ccccc1C(=O)NCC(O)(CO)CO. The zero-order chi connectivity index (χ0) is 14.5. The van der Waals surface area contributed by atoms with Crippen molar-refractivity contribution in [3.05, 3.63) is 35.4 Å². The lowest BCUT2D eigenvalue weighted by atomic mass is 10.0. The molecule has 0 radical (unpaired) electrons. The molecule has 0 saturated heterocycles. The van der Waals surface area contributed by atoms with Gasteiger partial charge in [-0.3, -0.25) is 4.79 Å². The van der Waals surface area contributed by atoms with Crippen LogP contribution in [0, 0.1) is 0 Å². The number of hydrogen-bond acceptors (Lipinski definition) is 5. The van der Waals surface area contributed by atoms with E-state index in [2.05, 4.69) is 5.32 Å². The Morgan fingerprint density at radius 1 is 1.11 bits per heavy atom. The predicted octanol–water partition coefficient (Wildman–Crippen LogP) is -1.17. The molecular weight excluding hydrogens is 254 g/mol. The highest BCUT2D eigenvalue weighted by atomic mass is 16.4. The number of carboxylic acid groups (broad SMARTS) is 1. The van der Waals surface area contributed by atoms with Crippen molar-refractivity contribution in [3.63, 3.8) is 0 Å². The Morgan fingerprint density at radius 3 is 2.11 bits per heavy atom. The van der Waals surface area contributed by atoms with Crippen LogP contribution in [0.3, 0.4) is 0 Å². The molecule has 0 heterocycles. The van der Waals surface area contributed by atoms with Crippen molar-refractivity contribution in [3.8, 4) is 0 Å². The molecule has 1 rings (SSSR count). The highest BCUT2D eigenvalue weighted by Gasteiger charge is 2.26. The fourth-order valence-corrected chi connectivity index (χ4v) is 1.37. The Bertz CT molecular complexity index is 469. The molecule has 0 spiro atoms. The summed E-state index contributed by atoms with van der Waals surface area (Å²) in [5, 5.41) is 38.5. The van der Waals surface area contributed by atoms with Crippen LogP contribution in [0.15, 0.2) is 24.3 Å². The van der Waals surface area contributed by atoms with Gasteiger partial charge in [0.15, 0.2) is 0 Å². The molecule has 0 saturated carbocycles. The van der Waals surface area contributed by atoms with E-state index in [-0.39, 0.29) is 11.1 Å². The Morgan fingerprint density at radius 2 is 1.63 bits per heavy atom. The van der Waals surface area contributed by atoms with Gasteiger partial charge >= 0.3 is 5.97 Å². The fourth-order valence-electron chi connectivity index (χ4n) is 1.37. The first-order valence-electron chi connectivity index (χ1n) is 5.48. The zero-order valence-corrected chi connectivity index (χ0v) is 10.0. The topological polar surface area (TPSA) is 127 Å². The number of hydrogen-bond donors (Lipinski definition) is 5. The van der Waals surface area contributed by atoms with Crippen molar-refractivity contribution < 1.29 is 30.0 Å². The molecule has 104 valence electrons. The van der Waals surface area contributed by atoms with Gasteiger partial charge in [0.05, 0.1) is 30.9 Å². The Labute approximate surface area is 109 Å². The minimum absolute atomic E-state index is 0.0618. The van der Waals surface area contributed by atoms with Crippen molar-refractivity contribution in [1.29, 1.82) is 0 Å². The molecule has 1 aromatic rings. The third kappa shape index (κ3) is 3.75. The second kappa shape index (κ2) is 6.28. The van der Waals surface area contributed by atoms with Gasteiger partial charge < -0.3 is 25.7 Å². The van der Waals surface area contributed by atoms with Crippen LogP contribution in [0.5, 0.6) is 0 Å². The first-order chi connectivity index (χ1) is 8.93. The van der Waals surface area contributed by atoms with Crippen LogP contribution in [-0.4, -0.2) is 57.7 Å².